The Morgan fingerprint density at radius 3 is 2.70 bits per heavy atom. The van der Waals surface area contributed by atoms with E-state index in [4.69, 9.17) is 16.3 Å². The number of hydrogen-bond donors (Lipinski definition) is 1. The van der Waals surface area contributed by atoms with Gasteiger partial charge in [-0.3, -0.25) is 0 Å². The molecule has 122 valence electrons. The van der Waals surface area contributed by atoms with Crippen LogP contribution in [0.3, 0.4) is 0 Å². The fraction of sp³-hybridized carbons (Fsp3) is 0.429. The predicted octanol–water partition coefficient (Wildman–Crippen LogP) is 1.55. The summed E-state index contributed by atoms with van der Waals surface area (Å²) in [5.41, 5.74) is 0. The standard InChI is InChI=1S/C14H16ClFN6O/c15-11-7-13(22-3-5-23-6-4-22)21-14(20-11)17-2-1-12-18-8-10(16)9-19-12/h7-9H,1-6H2,(H,17,20,21). The van der Waals surface area contributed by atoms with E-state index in [2.05, 4.69) is 30.2 Å². The second kappa shape index (κ2) is 7.47. The smallest absolute Gasteiger partial charge is 0.226 e. The molecule has 9 heteroatoms. The van der Waals surface area contributed by atoms with Gasteiger partial charge in [-0.15, -0.1) is 0 Å². The van der Waals surface area contributed by atoms with E-state index < -0.39 is 5.82 Å². The van der Waals surface area contributed by atoms with Gasteiger partial charge < -0.3 is 15.0 Å². The molecule has 7 nitrogen and oxygen atoms in total. The Hall–Kier alpha value is -2.06. The van der Waals surface area contributed by atoms with E-state index in [9.17, 15) is 4.39 Å². The number of halogens is 2. The molecule has 1 fully saturated rings. The summed E-state index contributed by atoms with van der Waals surface area (Å²) in [6.07, 6.45) is 2.83. The van der Waals surface area contributed by atoms with Gasteiger partial charge in [0.25, 0.3) is 0 Å². The third-order valence-electron chi connectivity index (χ3n) is 3.32. The molecule has 0 saturated carbocycles. The topological polar surface area (TPSA) is 76.1 Å². The van der Waals surface area contributed by atoms with Crippen LogP contribution in [-0.4, -0.2) is 52.8 Å². The van der Waals surface area contributed by atoms with Crippen LogP contribution in [-0.2, 0) is 11.2 Å². The van der Waals surface area contributed by atoms with Gasteiger partial charge >= 0.3 is 0 Å². The number of rotatable bonds is 5. The summed E-state index contributed by atoms with van der Waals surface area (Å²) in [4.78, 5) is 18.5. The quantitative estimate of drug-likeness (QED) is 0.829. The largest absolute Gasteiger partial charge is 0.378 e. The molecule has 2 aromatic heterocycles. The third-order valence-corrected chi connectivity index (χ3v) is 3.52. The van der Waals surface area contributed by atoms with Gasteiger partial charge in [-0.1, -0.05) is 11.6 Å². The van der Waals surface area contributed by atoms with Crippen molar-refractivity contribution in [3.8, 4) is 0 Å². The summed E-state index contributed by atoms with van der Waals surface area (Å²) in [6.45, 7) is 3.42. The van der Waals surface area contributed by atoms with Crippen LogP contribution >= 0.6 is 11.6 Å². The number of ether oxygens (including phenoxy) is 1. The maximum absolute atomic E-state index is 12.8. The van der Waals surface area contributed by atoms with Crippen molar-refractivity contribution in [2.24, 2.45) is 0 Å². The molecule has 0 unspecified atom stereocenters. The van der Waals surface area contributed by atoms with Gasteiger partial charge in [0, 0.05) is 32.1 Å². The highest BCUT2D eigenvalue weighted by Gasteiger charge is 2.14. The highest BCUT2D eigenvalue weighted by Crippen LogP contribution is 2.19. The summed E-state index contributed by atoms with van der Waals surface area (Å²) in [7, 11) is 0. The van der Waals surface area contributed by atoms with Gasteiger partial charge in [-0.2, -0.15) is 4.98 Å². The fourth-order valence-electron chi connectivity index (χ4n) is 2.19. The molecule has 0 aliphatic carbocycles. The molecule has 0 radical (unpaired) electrons. The minimum Gasteiger partial charge on any atom is -0.378 e. The van der Waals surface area contributed by atoms with Crippen LogP contribution in [0.4, 0.5) is 16.2 Å². The second-order valence-electron chi connectivity index (χ2n) is 4.97. The molecule has 1 saturated heterocycles. The highest BCUT2D eigenvalue weighted by atomic mass is 35.5. The van der Waals surface area contributed by atoms with Crippen molar-refractivity contribution in [3.05, 3.63) is 35.3 Å². The Bertz CT molecular complexity index is 650. The summed E-state index contributed by atoms with van der Waals surface area (Å²) in [5.74, 6) is 1.32. The van der Waals surface area contributed by atoms with Crippen molar-refractivity contribution >= 4 is 23.4 Å². The van der Waals surface area contributed by atoms with Crippen LogP contribution in [0.2, 0.25) is 5.15 Å². The summed E-state index contributed by atoms with van der Waals surface area (Å²) in [5, 5.41) is 3.47. The normalized spacial score (nSPS) is 14.8. The van der Waals surface area contributed by atoms with E-state index in [1.54, 1.807) is 6.07 Å². The molecule has 0 amide bonds. The Kier molecular flexibility index (Phi) is 5.14. The summed E-state index contributed by atoms with van der Waals surface area (Å²) < 4.78 is 18.1. The molecule has 23 heavy (non-hydrogen) atoms. The number of nitrogens with zero attached hydrogens (tertiary/aromatic N) is 5. The van der Waals surface area contributed by atoms with Crippen LogP contribution in [0.5, 0.6) is 0 Å². The average molecular weight is 339 g/mol. The lowest BCUT2D eigenvalue weighted by atomic mass is 10.4. The summed E-state index contributed by atoms with van der Waals surface area (Å²) in [6, 6.07) is 1.74. The fourth-order valence-corrected chi connectivity index (χ4v) is 2.37. The van der Waals surface area contributed by atoms with Gasteiger partial charge in [-0.25, -0.2) is 19.3 Å². The van der Waals surface area contributed by atoms with Gasteiger partial charge in [0.2, 0.25) is 5.95 Å². The zero-order valence-electron chi connectivity index (χ0n) is 12.4. The Labute approximate surface area is 137 Å². The first-order valence-electron chi connectivity index (χ1n) is 7.28. The van der Waals surface area contributed by atoms with Crippen molar-refractivity contribution in [1.29, 1.82) is 0 Å². The van der Waals surface area contributed by atoms with Crippen LogP contribution in [0.1, 0.15) is 5.82 Å². The number of aromatic nitrogens is 4. The molecule has 2 aromatic rings. The summed E-state index contributed by atoms with van der Waals surface area (Å²) >= 11 is 6.07. The van der Waals surface area contributed by atoms with Crippen LogP contribution in [0.25, 0.3) is 0 Å². The van der Waals surface area contributed by atoms with E-state index >= 15 is 0 Å². The Balaban J connectivity index is 1.60. The second-order valence-corrected chi connectivity index (χ2v) is 5.35. The molecule has 1 aliphatic rings. The van der Waals surface area contributed by atoms with Crippen molar-refractivity contribution in [1.82, 2.24) is 19.9 Å². The predicted molar refractivity (Wildman–Crippen MR) is 84.3 cm³/mol. The van der Waals surface area contributed by atoms with Crippen molar-refractivity contribution < 1.29 is 9.13 Å². The van der Waals surface area contributed by atoms with Crippen molar-refractivity contribution in [3.63, 3.8) is 0 Å². The van der Waals surface area contributed by atoms with E-state index in [1.165, 1.54) is 0 Å². The first kappa shape index (κ1) is 15.8. The Morgan fingerprint density at radius 2 is 1.96 bits per heavy atom. The van der Waals surface area contributed by atoms with Crippen molar-refractivity contribution in [2.75, 3.05) is 43.1 Å². The SMILES string of the molecule is Fc1cnc(CCNc2nc(Cl)cc(N3CCOCC3)n2)nc1. The van der Waals surface area contributed by atoms with E-state index in [0.29, 0.717) is 43.1 Å². The van der Waals surface area contributed by atoms with Crippen LogP contribution < -0.4 is 10.2 Å². The number of nitrogens with one attached hydrogen (secondary N) is 1. The third kappa shape index (κ3) is 4.46. The lowest BCUT2D eigenvalue weighted by Crippen LogP contribution is -2.36. The van der Waals surface area contributed by atoms with Gasteiger partial charge in [-0.05, 0) is 0 Å². The maximum Gasteiger partial charge on any atom is 0.226 e. The molecule has 0 bridgehead atoms. The molecular weight excluding hydrogens is 323 g/mol. The lowest BCUT2D eigenvalue weighted by molar-refractivity contribution is 0.122. The van der Waals surface area contributed by atoms with Gasteiger partial charge in [0.1, 0.15) is 16.8 Å². The molecule has 1 N–H and O–H groups in total. The van der Waals surface area contributed by atoms with E-state index in [1.807, 2.05) is 0 Å². The molecule has 0 atom stereocenters. The number of anilines is 2. The molecule has 3 rings (SSSR count). The highest BCUT2D eigenvalue weighted by molar-refractivity contribution is 6.29. The lowest BCUT2D eigenvalue weighted by Gasteiger charge is -2.28. The monoisotopic (exact) mass is 338 g/mol. The first-order valence-corrected chi connectivity index (χ1v) is 7.66. The number of morpholine rings is 1. The van der Waals surface area contributed by atoms with Gasteiger partial charge in [0.15, 0.2) is 5.82 Å². The Morgan fingerprint density at radius 1 is 1.22 bits per heavy atom. The number of hydrogen-bond acceptors (Lipinski definition) is 7. The van der Waals surface area contributed by atoms with Gasteiger partial charge in [0.05, 0.1) is 25.6 Å². The average Bonchev–Trinajstić information content (AvgIpc) is 2.57. The maximum atomic E-state index is 12.8. The van der Waals surface area contributed by atoms with E-state index in [0.717, 1.165) is 31.3 Å². The van der Waals surface area contributed by atoms with Crippen LogP contribution in [0.15, 0.2) is 18.5 Å². The minimum absolute atomic E-state index is 0.377. The molecule has 0 aromatic carbocycles. The molecule has 1 aliphatic heterocycles. The zero-order chi connectivity index (χ0) is 16.1. The van der Waals surface area contributed by atoms with Crippen LogP contribution in [0, 0.1) is 5.82 Å². The zero-order valence-corrected chi connectivity index (χ0v) is 13.1. The minimum atomic E-state index is -0.449. The molecule has 3 heterocycles. The molecule has 0 spiro atoms. The van der Waals surface area contributed by atoms with Crippen molar-refractivity contribution in [2.45, 2.75) is 6.42 Å². The van der Waals surface area contributed by atoms with E-state index in [-0.39, 0.29) is 0 Å². The molecular formula is C14H16ClFN6O. The first-order chi connectivity index (χ1) is 11.2.